The third kappa shape index (κ3) is 5.13. The van der Waals surface area contributed by atoms with Crippen LogP contribution in [-0.2, 0) is 0 Å². The first-order valence-corrected chi connectivity index (χ1v) is 3.04. The highest BCUT2D eigenvalue weighted by atomic mass is 16.3. The van der Waals surface area contributed by atoms with Crippen LogP contribution < -0.4 is 0 Å². The Morgan fingerprint density at radius 3 is 2.67 bits per heavy atom. The molecule has 0 saturated heterocycles. The van der Waals surface area contributed by atoms with Gasteiger partial charge in [-0.15, -0.1) is 5.92 Å². The quantitative estimate of drug-likeness (QED) is 0.435. The third-order valence-corrected chi connectivity index (χ3v) is 0.864. The SMILES string of the molecule is C=C(CO)CC#CCC. The molecule has 0 atom stereocenters. The van der Waals surface area contributed by atoms with Crippen molar-refractivity contribution in [3.8, 4) is 11.8 Å². The molecule has 1 heteroatoms. The predicted octanol–water partition coefficient (Wildman–Crippen LogP) is 1.34. The minimum Gasteiger partial charge on any atom is -0.392 e. The van der Waals surface area contributed by atoms with Crippen LogP contribution in [0.25, 0.3) is 0 Å². The van der Waals surface area contributed by atoms with E-state index in [0.29, 0.717) is 6.42 Å². The van der Waals surface area contributed by atoms with E-state index in [1.54, 1.807) is 0 Å². The maximum atomic E-state index is 8.47. The molecule has 0 heterocycles. The maximum Gasteiger partial charge on any atom is 0.0648 e. The molecular weight excluding hydrogens is 112 g/mol. The van der Waals surface area contributed by atoms with E-state index in [0.717, 1.165) is 12.0 Å². The Kier molecular flexibility index (Phi) is 4.95. The molecule has 0 spiro atoms. The summed E-state index contributed by atoms with van der Waals surface area (Å²) in [5.41, 5.74) is 0.788. The van der Waals surface area contributed by atoms with Crippen LogP contribution in [0.5, 0.6) is 0 Å². The smallest absolute Gasteiger partial charge is 0.0648 e. The van der Waals surface area contributed by atoms with Crippen molar-refractivity contribution in [2.75, 3.05) is 6.61 Å². The van der Waals surface area contributed by atoms with Gasteiger partial charge in [0.25, 0.3) is 0 Å². The normalized spacial score (nSPS) is 7.78. The summed E-state index contributed by atoms with van der Waals surface area (Å²) in [6.45, 7) is 5.64. The standard InChI is InChI=1S/C8H12O/c1-3-4-5-6-8(2)7-9/h9H,2-3,6-7H2,1H3. The summed E-state index contributed by atoms with van der Waals surface area (Å²) in [5.74, 6) is 5.77. The molecule has 0 aliphatic carbocycles. The van der Waals surface area contributed by atoms with Gasteiger partial charge in [0, 0.05) is 12.8 Å². The average Bonchev–Trinajstić information content (AvgIpc) is 1.89. The summed E-state index contributed by atoms with van der Waals surface area (Å²) in [6.07, 6.45) is 1.50. The lowest BCUT2D eigenvalue weighted by molar-refractivity contribution is 0.330. The second-order valence-corrected chi connectivity index (χ2v) is 1.79. The van der Waals surface area contributed by atoms with Gasteiger partial charge in [-0.25, -0.2) is 0 Å². The monoisotopic (exact) mass is 124 g/mol. The van der Waals surface area contributed by atoms with Crippen LogP contribution in [0.1, 0.15) is 19.8 Å². The van der Waals surface area contributed by atoms with Crippen molar-refractivity contribution in [3.05, 3.63) is 12.2 Å². The van der Waals surface area contributed by atoms with Gasteiger partial charge in [-0.05, 0) is 5.57 Å². The van der Waals surface area contributed by atoms with Crippen LogP contribution in [0.3, 0.4) is 0 Å². The summed E-state index contributed by atoms with van der Waals surface area (Å²) in [7, 11) is 0. The first-order chi connectivity index (χ1) is 4.31. The molecule has 1 nitrogen and oxygen atoms in total. The summed E-state index contributed by atoms with van der Waals surface area (Å²) in [4.78, 5) is 0. The van der Waals surface area contributed by atoms with Gasteiger partial charge in [-0.1, -0.05) is 19.4 Å². The van der Waals surface area contributed by atoms with Gasteiger partial charge in [0.1, 0.15) is 0 Å². The summed E-state index contributed by atoms with van der Waals surface area (Å²) in [6, 6.07) is 0. The Labute approximate surface area is 56.4 Å². The lowest BCUT2D eigenvalue weighted by Gasteiger charge is -1.89. The predicted molar refractivity (Wildman–Crippen MR) is 38.9 cm³/mol. The summed E-state index contributed by atoms with van der Waals surface area (Å²) in [5, 5.41) is 8.47. The Hall–Kier alpha value is -0.740. The van der Waals surface area contributed by atoms with Crippen molar-refractivity contribution in [2.45, 2.75) is 19.8 Å². The number of aliphatic hydroxyl groups is 1. The largest absolute Gasteiger partial charge is 0.392 e. The average molecular weight is 124 g/mol. The summed E-state index contributed by atoms with van der Waals surface area (Å²) < 4.78 is 0. The van der Waals surface area contributed by atoms with E-state index >= 15 is 0 Å². The maximum absolute atomic E-state index is 8.47. The van der Waals surface area contributed by atoms with Crippen LogP contribution >= 0.6 is 0 Å². The van der Waals surface area contributed by atoms with Crippen molar-refractivity contribution in [1.29, 1.82) is 0 Å². The van der Waals surface area contributed by atoms with Gasteiger partial charge in [-0.2, -0.15) is 0 Å². The van der Waals surface area contributed by atoms with Crippen molar-refractivity contribution >= 4 is 0 Å². The van der Waals surface area contributed by atoms with E-state index in [-0.39, 0.29) is 6.61 Å². The second kappa shape index (κ2) is 5.40. The molecule has 0 rings (SSSR count). The zero-order valence-corrected chi connectivity index (χ0v) is 5.78. The van der Waals surface area contributed by atoms with Gasteiger partial charge in [0.2, 0.25) is 0 Å². The van der Waals surface area contributed by atoms with E-state index in [2.05, 4.69) is 18.4 Å². The zero-order valence-electron chi connectivity index (χ0n) is 5.78. The molecular formula is C8H12O. The lowest BCUT2D eigenvalue weighted by Crippen LogP contribution is -1.84. The van der Waals surface area contributed by atoms with Crippen molar-refractivity contribution in [2.24, 2.45) is 0 Å². The molecule has 0 unspecified atom stereocenters. The van der Waals surface area contributed by atoms with Crippen LogP contribution in [0, 0.1) is 11.8 Å². The Morgan fingerprint density at radius 1 is 1.56 bits per heavy atom. The first-order valence-electron chi connectivity index (χ1n) is 3.04. The Morgan fingerprint density at radius 2 is 2.22 bits per heavy atom. The van der Waals surface area contributed by atoms with Crippen LogP contribution in [-0.4, -0.2) is 11.7 Å². The van der Waals surface area contributed by atoms with E-state index in [1.807, 2.05) is 6.92 Å². The van der Waals surface area contributed by atoms with Crippen molar-refractivity contribution in [3.63, 3.8) is 0 Å². The molecule has 0 aromatic rings. The van der Waals surface area contributed by atoms with Crippen molar-refractivity contribution < 1.29 is 5.11 Å². The molecule has 0 aliphatic heterocycles. The minimum atomic E-state index is 0.0540. The minimum absolute atomic E-state index is 0.0540. The number of hydrogen-bond donors (Lipinski definition) is 1. The molecule has 0 radical (unpaired) electrons. The van der Waals surface area contributed by atoms with Crippen LogP contribution in [0.15, 0.2) is 12.2 Å². The molecule has 0 bridgehead atoms. The second-order valence-electron chi connectivity index (χ2n) is 1.79. The zero-order chi connectivity index (χ0) is 7.11. The molecule has 50 valence electrons. The molecule has 0 aromatic heterocycles. The van der Waals surface area contributed by atoms with Gasteiger partial charge in [-0.3, -0.25) is 0 Å². The molecule has 9 heavy (non-hydrogen) atoms. The molecule has 0 amide bonds. The Balaban J connectivity index is 3.37. The van der Waals surface area contributed by atoms with Crippen LogP contribution in [0.2, 0.25) is 0 Å². The number of hydrogen-bond acceptors (Lipinski definition) is 1. The highest BCUT2D eigenvalue weighted by molar-refractivity contribution is 5.10. The van der Waals surface area contributed by atoms with E-state index in [9.17, 15) is 0 Å². The molecule has 1 N–H and O–H groups in total. The van der Waals surface area contributed by atoms with E-state index < -0.39 is 0 Å². The fourth-order valence-corrected chi connectivity index (χ4v) is 0.368. The van der Waals surface area contributed by atoms with Crippen molar-refractivity contribution in [1.82, 2.24) is 0 Å². The number of rotatable bonds is 2. The third-order valence-electron chi connectivity index (χ3n) is 0.864. The topological polar surface area (TPSA) is 20.2 Å². The van der Waals surface area contributed by atoms with Gasteiger partial charge in [0.05, 0.1) is 6.61 Å². The lowest BCUT2D eigenvalue weighted by atomic mass is 10.2. The Bertz CT molecular complexity index is 136. The molecule has 0 saturated carbocycles. The van der Waals surface area contributed by atoms with E-state index in [4.69, 9.17) is 5.11 Å². The van der Waals surface area contributed by atoms with Gasteiger partial charge < -0.3 is 5.11 Å². The highest BCUT2D eigenvalue weighted by Gasteiger charge is 1.83. The molecule has 0 fully saturated rings. The van der Waals surface area contributed by atoms with E-state index in [1.165, 1.54) is 0 Å². The number of aliphatic hydroxyl groups excluding tert-OH is 1. The fraction of sp³-hybridized carbons (Fsp3) is 0.500. The summed E-state index contributed by atoms with van der Waals surface area (Å²) >= 11 is 0. The first kappa shape index (κ1) is 8.26. The molecule has 0 aliphatic rings. The van der Waals surface area contributed by atoms with Gasteiger partial charge in [0.15, 0.2) is 0 Å². The fourth-order valence-electron chi connectivity index (χ4n) is 0.368. The van der Waals surface area contributed by atoms with Crippen LogP contribution in [0.4, 0.5) is 0 Å². The highest BCUT2D eigenvalue weighted by Crippen LogP contribution is 1.92. The molecule has 0 aromatic carbocycles. The van der Waals surface area contributed by atoms with Gasteiger partial charge >= 0.3 is 0 Å².